The maximum Gasteiger partial charge on any atom is 0.335 e. The lowest BCUT2D eigenvalue weighted by Gasteiger charge is -2.08. The number of rotatable bonds is 3. The predicted octanol–water partition coefficient (Wildman–Crippen LogP) is 2.87. The average Bonchev–Trinajstić information content (AvgIpc) is 2.41. The van der Waals surface area contributed by atoms with Gasteiger partial charge in [-0.1, -0.05) is 11.6 Å². The van der Waals surface area contributed by atoms with Crippen molar-refractivity contribution in [3.8, 4) is 0 Å². The van der Waals surface area contributed by atoms with Crippen molar-refractivity contribution in [3.05, 3.63) is 58.6 Å². The standard InChI is InChI=1S/C14H11ClN2O3/c15-9-2-4-10(5-3-9)17-13(18)11-6-1-8(14(19)20)7-12(11)16/h1-7H,16H2,(H,17,18)(H,19,20). The fourth-order valence-corrected chi connectivity index (χ4v) is 1.76. The highest BCUT2D eigenvalue weighted by molar-refractivity contribution is 6.30. The summed E-state index contributed by atoms with van der Waals surface area (Å²) in [5.41, 5.74) is 6.62. The molecule has 0 aliphatic carbocycles. The molecule has 0 atom stereocenters. The number of nitrogen functional groups attached to an aromatic ring is 1. The summed E-state index contributed by atoms with van der Waals surface area (Å²) < 4.78 is 0. The van der Waals surface area contributed by atoms with E-state index in [0.717, 1.165) is 0 Å². The highest BCUT2D eigenvalue weighted by Crippen LogP contribution is 2.18. The predicted molar refractivity (Wildman–Crippen MR) is 77.2 cm³/mol. The van der Waals surface area contributed by atoms with Crippen molar-refractivity contribution in [2.24, 2.45) is 0 Å². The lowest BCUT2D eigenvalue weighted by molar-refractivity contribution is 0.0696. The van der Waals surface area contributed by atoms with Crippen LogP contribution in [-0.2, 0) is 0 Å². The van der Waals surface area contributed by atoms with Crippen molar-refractivity contribution in [1.82, 2.24) is 0 Å². The molecule has 0 unspecified atom stereocenters. The number of anilines is 2. The molecule has 5 nitrogen and oxygen atoms in total. The minimum absolute atomic E-state index is 0.0329. The van der Waals surface area contributed by atoms with Crippen LogP contribution in [0.2, 0.25) is 5.02 Å². The molecule has 0 spiro atoms. The molecule has 0 fully saturated rings. The van der Waals surface area contributed by atoms with Crippen molar-refractivity contribution in [2.45, 2.75) is 0 Å². The molecule has 0 aliphatic rings. The topological polar surface area (TPSA) is 92.4 Å². The van der Waals surface area contributed by atoms with Crippen molar-refractivity contribution in [3.63, 3.8) is 0 Å². The van der Waals surface area contributed by atoms with E-state index in [1.54, 1.807) is 24.3 Å². The molecule has 2 rings (SSSR count). The third-order valence-electron chi connectivity index (χ3n) is 2.65. The Balaban J connectivity index is 2.21. The van der Waals surface area contributed by atoms with E-state index in [-0.39, 0.29) is 16.8 Å². The number of benzene rings is 2. The quantitative estimate of drug-likeness (QED) is 0.758. The molecular weight excluding hydrogens is 280 g/mol. The Labute approximate surface area is 120 Å². The van der Waals surface area contributed by atoms with E-state index in [9.17, 15) is 9.59 Å². The molecule has 0 aromatic heterocycles. The molecule has 0 aliphatic heterocycles. The van der Waals surface area contributed by atoms with Gasteiger partial charge in [-0.05, 0) is 42.5 Å². The third-order valence-corrected chi connectivity index (χ3v) is 2.90. The van der Waals surface area contributed by atoms with Gasteiger partial charge in [-0.15, -0.1) is 0 Å². The summed E-state index contributed by atoms with van der Waals surface area (Å²) in [6, 6.07) is 10.6. The molecule has 2 aromatic rings. The van der Waals surface area contributed by atoms with Gasteiger partial charge in [0.15, 0.2) is 0 Å². The number of amides is 1. The monoisotopic (exact) mass is 290 g/mol. The fourth-order valence-electron chi connectivity index (χ4n) is 1.63. The number of nitrogens with two attached hydrogens (primary N) is 1. The number of hydrogen-bond donors (Lipinski definition) is 3. The number of nitrogens with one attached hydrogen (secondary N) is 1. The lowest BCUT2D eigenvalue weighted by atomic mass is 10.1. The van der Waals surface area contributed by atoms with Gasteiger partial charge in [0.2, 0.25) is 0 Å². The van der Waals surface area contributed by atoms with Gasteiger partial charge in [0.05, 0.1) is 11.1 Å². The van der Waals surface area contributed by atoms with Gasteiger partial charge in [-0.2, -0.15) is 0 Å². The first-order chi connectivity index (χ1) is 9.47. The van der Waals surface area contributed by atoms with Gasteiger partial charge >= 0.3 is 5.97 Å². The molecule has 0 saturated heterocycles. The highest BCUT2D eigenvalue weighted by Gasteiger charge is 2.12. The summed E-state index contributed by atoms with van der Waals surface area (Å²) in [5, 5.41) is 12.0. The lowest BCUT2D eigenvalue weighted by Crippen LogP contribution is -2.14. The van der Waals surface area contributed by atoms with E-state index >= 15 is 0 Å². The van der Waals surface area contributed by atoms with E-state index in [1.807, 2.05) is 0 Å². The number of halogens is 1. The molecule has 0 bridgehead atoms. The van der Waals surface area contributed by atoms with Gasteiger partial charge in [0.1, 0.15) is 0 Å². The second-order valence-corrected chi connectivity index (χ2v) is 4.50. The summed E-state index contributed by atoms with van der Waals surface area (Å²) >= 11 is 5.75. The average molecular weight is 291 g/mol. The molecule has 2 aromatic carbocycles. The van der Waals surface area contributed by atoms with Crippen molar-refractivity contribution >= 4 is 34.9 Å². The zero-order chi connectivity index (χ0) is 14.7. The van der Waals surface area contributed by atoms with Crippen LogP contribution in [0.25, 0.3) is 0 Å². The van der Waals surface area contributed by atoms with Gasteiger partial charge in [0, 0.05) is 16.4 Å². The van der Waals surface area contributed by atoms with Gasteiger partial charge in [-0.3, -0.25) is 4.79 Å². The van der Waals surface area contributed by atoms with E-state index in [0.29, 0.717) is 10.7 Å². The van der Waals surface area contributed by atoms with E-state index in [2.05, 4.69) is 5.32 Å². The van der Waals surface area contributed by atoms with Crippen LogP contribution in [0.15, 0.2) is 42.5 Å². The zero-order valence-electron chi connectivity index (χ0n) is 10.3. The Morgan fingerprint density at radius 1 is 1.10 bits per heavy atom. The Kier molecular flexibility index (Phi) is 3.91. The summed E-state index contributed by atoms with van der Waals surface area (Å²) in [5.74, 6) is -1.51. The van der Waals surface area contributed by atoms with Crippen LogP contribution in [0.3, 0.4) is 0 Å². The second kappa shape index (κ2) is 5.63. The minimum Gasteiger partial charge on any atom is -0.478 e. The summed E-state index contributed by atoms with van der Waals surface area (Å²) in [6.45, 7) is 0. The molecule has 0 heterocycles. The summed E-state index contributed by atoms with van der Waals surface area (Å²) in [4.78, 5) is 22.8. The van der Waals surface area contributed by atoms with Gasteiger partial charge < -0.3 is 16.2 Å². The Bertz CT molecular complexity index is 669. The maximum atomic E-state index is 12.0. The van der Waals surface area contributed by atoms with Crippen molar-refractivity contribution < 1.29 is 14.7 Å². The number of hydrogen-bond acceptors (Lipinski definition) is 3. The maximum absolute atomic E-state index is 12.0. The van der Waals surface area contributed by atoms with Crippen LogP contribution in [0.4, 0.5) is 11.4 Å². The van der Waals surface area contributed by atoms with Crippen LogP contribution in [0.1, 0.15) is 20.7 Å². The summed E-state index contributed by atoms with van der Waals surface area (Å²) in [7, 11) is 0. The number of carbonyl (C=O) groups is 2. The van der Waals surface area contributed by atoms with Gasteiger partial charge in [-0.25, -0.2) is 4.79 Å². The van der Waals surface area contributed by atoms with Crippen LogP contribution in [0.5, 0.6) is 0 Å². The van der Waals surface area contributed by atoms with Gasteiger partial charge in [0.25, 0.3) is 5.91 Å². The Morgan fingerprint density at radius 3 is 2.30 bits per heavy atom. The molecular formula is C14H11ClN2O3. The molecule has 0 saturated carbocycles. The Hall–Kier alpha value is -2.53. The first kappa shape index (κ1) is 13.9. The molecule has 1 amide bonds. The van der Waals surface area contributed by atoms with E-state index in [1.165, 1.54) is 18.2 Å². The fraction of sp³-hybridized carbons (Fsp3) is 0. The largest absolute Gasteiger partial charge is 0.478 e. The first-order valence-corrected chi connectivity index (χ1v) is 6.05. The number of carboxylic acid groups (broad SMARTS) is 1. The molecule has 20 heavy (non-hydrogen) atoms. The van der Waals surface area contributed by atoms with Crippen LogP contribution in [-0.4, -0.2) is 17.0 Å². The van der Waals surface area contributed by atoms with E-state index in [4.69, 9.17) is 22.4 Å². The minimum atomic E-state index is -1.10. The normalized spacial score (nSPS) is 10.1. The highest BCUT2D eigenvalue weighted by atomic mass is 35.5. The van der Waals surface area contributed by atoms with Crippen LogP contribution < -0.4 is 11.1 Å². The molecule has 0 radical (unpaired) electrons. The second-order valence-electron chi connectivity index (χ2n) is 4.07. The van der Waals surface area contributed by atoms with Crippen LogP contribution >= 0.6 is 11.6 Å². The smallest absolute Gasteiger partial charge is 0.335 e. The number of aromatic carboxylic acids is 1. The molecule has 6 heteroatoms. The van der Waals surface area contributed by atoms with Crippen molar-refractivity contribution in [2.75, 3.05) is 11.1 Å². The SMILES string of the molecule is Nc1cc(C(=O)O)ccc1C(=O)Nc1ccc(Cl)cc1. The first-order valence-electron chi connectivity index (χ1n) is 5.67. The zero-order valence-corrected chi connectivity index (χ0v) is 11.0. The van der Waals surface area contributed by atoms with Crippen molar-refractivity contribution in [1.29, 1.82) is 0 Å². The number of carbonyl (C=O) groups excluding carboxylic acids is 1. The molecule has 102 valence electrons. The third kappa shape index (κ3) is 3.07. The van der Waals surface area contributed by atoms with E-state index < -0.39 is 11.9 Å². The summed E-state index contributed by atoms with van der Waals surface area (Å²) in [6.07, 6.45) is 0. The molecule has 4 N–H and O–H groups in total. The Morgan fingerprint density at radius 2 is 1.75 bits per heavy atom. The number of carboxylic acids is 1. The van der Waals surface area contributed by atoms with Crippen LogP contribution in [0, 0.1) is 0 Å².